The summed E-state index contributed by atoms with van der Waals surface area (Å²) >= 11 is 0. The Hall–Kier alpha value is -1.77. The summed E-state index contributed by atoms with van der Waals surface area (Å²) in [7, 11) is 0. The Morgan fingerprint density at radius 1 is 1.33 bits per heavy atom. The molecule has 0 unspecified atom stereocenters. The first-order chi connectivity index (χ1) is 7.27. The lowest BCUT2D eigenvalue weighted by Gasteiger charge is -1.97. The number of carboxylic acids is 1. The van der Waals surface area contributed by atoms with Crippen LogP contribution < -0.4 is 0 Å². The highest BCUT2D eigenvalue weighted by Gasteiger charge is 2.31. The molecule has 0 atom stereocenters. The van der Waals surface area contributed by atoms with Crippen LogP contribution in [0.4, 0.5) is 0 Å². The van der Waals surface area contributed by atoms with Gasteiger partial charge < -0.3 is 10.1 Å². The molecule has 1 heterocycles. The highest BCUT2D eigenvalue weighted by Crippen LogP contribution is 2.45. The number of benzene rings is 1. The second-order valence-corrected chi connectivity index (χ2v) is 4.04. The Kier molecular flexibility index (Phi) is 1.63. The lowest BCUT2D eigenvalue weighted by molar-refractivity contribution is 0.0690. The summed E-state index contributed by atoms with van der Waals surface area (Å²) in [6.45, 7) is 0. The van der Waals surface area contributed by atoms with Crippen molar-refractivity contribution in [2.45, 2.75) is 18.8 Å². The molecule has 2 aromatic rings. The van der Waals surface area contributed by atoms with E-state index in [-0.39, 0.29) is 0 Å². The van der Waals surface area contributed by atoms with Gasteiger partial charge in [0.1, 0.15) is 5.69 Å². The van der Waals surface area contributed by atoms with Crippen molar-refractivity contribution in [1.29, 1.82) is 0 Å². The van der Waals surface area contributed by atoms with Gasteiger partial charge in [0.15, 0.2) is 0 Å². The van der Waals surface area contributed by atoms with Crippen molar-refractivity contribution in [3.63, 3.8) is 0 Å². The Balaban J connectivity index is 2.33. The number of H-pyrrole nitrogens is 1. The monoisotopic (exact) mass is 201 g/mol. The van der Waals surface area contributed by atoms with Crippen LogP contribution in [0.15, 0.2) is 24.3 Å². The fraction of sp³-hybridized carbons (Fsp3) is 0.250. The van der Waals surface area contributed by atoms with E-state index in [2.05, 4.69) is 4.98 Å². The van der Waals surface area contributed by atoms with Crippen molar-refractivity contribution in [3.8, 4) is 0 Å². The SMILES string of the molecule is O=C(O)c1[nH]c2ccccc2c1C1CC1. The van der Waals surface area contributed by atoms with E-state index >= 15 is 0 Å². The second kappa shape index (κ2) is 2.86. The minimum atomic E-state index is -0.854. The van der Waals surface area contributed by atoms with Gasteiger partial charge in [0.25, 0.3) is 0 Å². The molecule has 0 saturated heterocycles. The predicted molar refractivity (Wildman–Crippen MR) is 57.2 cm³/mol. The largest absolute Gasteiger partial charge is 0.477 e. The number of carboxylic acid groups (broad SMARTS) is 1. The quantitative estimate of drug-likeness (QED) is 0.784. The van der Waals surface area contributed by atoms with Gasteiger partial charge in [0.05, 0.1) is 0 Å². The van der Waals surface area contributed by atoms with Gasteiger partial charge in [-0.05, 0) is 30.4 Å². The number of nitrogens with one attached hydrogen (secondary N) is 1. The number of hydrogen-bond donors (Lipinski definition) is 2. The maximum atomic E-state index is 11.1. The van der Waals surface area contributed by atoms with Crippen LogP contribution in [0.25, 0.3) is 10.9 Å². The summed E-state index contributed by atoms with van der Waals surface area (Å²) in [5.74, 6) is -0.402. The van der Waals surface area contributed by atoms with E-state index in [0.29, 0.717) is 11.6 Å². The van der Waals surface area contributed by atoms with Crippen molar-refractivity contribution >= 4 is 16.9 Å². The molecular weight excluding hydrogens is 190 g/mol. The molecule has 1 aliphatic carbocycles. The highest BCUT2D eigenvalue weighted by atomic mass is 16.4. The van der Waals surface area contributed by atoms with Gasteiger partial charge in [-0.2, -0.15) is 0 Å². The van der Waals surface area contributed by atoms with Crippen molar-refractivity contribution < 1.29 is 9.90 Å². The van der Waals surface area contributed by atoms with E-state index in [9.17, 15) is 4.79 Å². The van der Waals surface area contributed by atoms with Crippen molar-refractivity contribution in [2.75, 3.05) is 0 Å². The van der Waals surface area contributed by atoms with Gasteiger partial charge in [0, 0.05) is 10.9 Å². The summed E-state index contributed by atoms with van der Waals surface area (Å²) < 4.78 is 0. The summed E-state index contributed by atoms with van der Waals surface area (Å²) in [6, 6.07) is 7.79. The zero-order chi connectivity index (χ0) is 10.4. The lowest BCUT2D eigenvalue weighted by atomic mass is 10.1. The number of aromatic carboxylic acids is 1. The molecule has 0 aliphatic heterocycles. The average Bonchev–Trinajstić information content (AvgIpc) is 2.98. The molecular formula is C12H11NO2. The number of aromatic amines is 1. The Labute approximate surface area is 86.7 Å². The first kappa shape index (κ1) is 8.53. The third kappa shape index (κ3) is 1.23. The van der Waals surface area contributed by atoms with Crippen LogP contribution in [0.2, 0.25) is 0 Å². The smallest absolute Gasteiger partial charge is 0.352 e. The average molecular weight is 201 g/mol. The topological polar surface area (TPSA) is 53.1 Å². The van der Waals surface area contributed by atoms with Crippen molar-refractivity contribution in [3.05, 3.63) is 35.5 Å². The van der Waals surface area contributed by atoms with Crippen LogP contribution in [0.3, 0.4) is 0 Å². The van der Waals surface area contributed by atoms with E-state index in [1.54, 1.807) is 0 Å². The summed E-state index contributed by atoms with van der Waals surface area (Å²) in [5, 5.41) is 10.2. The van der Waals surface area contributed by atoms with Crippen LogP contribution in [-0.4, -0.2) is 16.1 Å². The van der Waals surface area contributed by atoms with Crippen LogP contribution in [0.5, 0.6) is 0 Å². The summed E-state index contributed by atoms with van der Waals surface area (Å²) in [4.78, 5) is 14.1. The highest BCUT2D eigenvalue weighted by molar-refractivity contribution is 5.98. The van der Waals surface area contributed by atoms with E-state index < -0.39 is 5.97 Å². The fourth-order valence-corrected chi connectivity index (χ4v) is 2.13. The molecule has 0 spiro atoms. The van der Waals surface area contributed by atoms with Crippen LogP contribution in [-0.2, 0) is 0 Å². The second-order valence-electron chi connectivity index (χ2n) is 4.04. The Bertz CT molecular complexity index is 538. The van der Waals surface area contributed by atoms with Crippen molar-refractivity contribution in [2.24, 2.45) is 0 Å². The molecule has 1 aromatic carbocycles. The minimum Gasteiger partial charge on any atom is -0.477 e. The van der Waals surface area contributed by atoms with Gasteiger partial charge in [-0.25, -0.2) is 4.79 Å². The first-order valence-corrected chi connectivity index (χ1v) is 5.11. The number of fused-ring (bicyclic) bond motifs is 1. The summed E-state index contributed by atoms with van der Waals surface area (Å²) in [5.41, 5.74) is 2.30. The van der Waals surface area contributed by atoms with Crippen molar-refractivity contribution in [1.82, 2.24) is 4.98 Å². The summed E-state index contributed by atoms with van der Waals surface area (Å²) in [6.07, 6.45) is 2.23. The fourth-order valence-electron chi connectivity index (χ4n) is 2.13. The first-order valence-electron chi connectivity index (χ1n) is 5.11. The van der Waals surface area contributed by atoms with E-state index in [1.807, 2.05) is 24.3 Å². The van der Waals surface area contributed by atoms with Gasteiger partial charge >= 0.3 is 5.97 Å². The molecule has 1 fully saturated rings. The normalized spacial score (nSPS) is 15.7. The third-order valence-corrected chi connectivity index (χ3v) is 2.95. The number of rotatable bonds is 2. The van der Waals surface area contributed by atoms with Crippen LogP contribution >= 0.6 is 0 Å². The van der Waals surface area contributed by atoms with Crippen LogP contribution in [0, 0.1) is 0 Å². The standard InChI is InChI=1S/C12H11NO2/c14-12(15)11-10(7-5-6-7)8-3-1-2-4-9(8)13-11/h1-4,7,13H,5-6H2,(H,14,15). The molecule has 3 heteroatoms. The Morgan fingerprint density at radius 2 is 2.07 bits per heavy atom. The number of para-hydroxylation sites is 1. The lowest BCUT2D eigenvalue weighted by Crippen LogP contribution is -2.00. The maximum absolute atomic E-state index is 11.1. The Morgan fingerprint density at radius 3 is 2.73 bits per heavy atom. The molecule has 0 radical (unpaired) electrons. The van der Waals surface area contributed by atoms with Crippen LogP contribution in [0.1, 0.15) is 34.8 Å². The van der Waals surface area contributed by atoms with Gasteiger partial charge in [0.2, 0.25) is 0 Å². The molecule has 1 aliphatic rings. The predicted octanol–water partition coefficient (Wildman–Crippen LogP) is 2.74. The number of carbonyl (C=O) groups is 1. The maximum Gasteiger partial charge on any atom is 0.352 e. The molecule has 2 N–H and O–H groups in total. The molecule has 0 bridgehead atoms. The van der Waals surface area contributed by atoms with Gasteiger partial charge in [-0.3, -0.25) is 0 Å². The van der Waals surface area contributed by atoms with E-state index in [4.69, 9.17) is 5.11 Å². The molecule has 0 amide bonds. The van der Waals surface area contributed by atoms with Gasteiger partial charge in [-0.15, -0.1) is 0 Å². The minimum absolute atomic E-state index is 0.374. The zero-order valence-corrected chi connectivity index (χ0v) is 8.16. The zero-order valence-electron chi connectivity index (χ0n) is 8.16. The molecule has 3 rings (SSSR count). The molecule has 3 nitrogen and oxygen atoms in total. The third-order valence-electron chi connectivity index (χ3n) is 2.95. The number of hydrogen-bond acceptors (Lipinski definition) is 1. The van der Waals surface area contributed by atoms with E-state index in [1.165, 1.54) is 0 Å². The molecule has 15 heavy (non-hydrogen) atoms. The van der Waals surface area contributed by atoms with Gasteiger partial charge in [-0.1, -0.05) is 18.2 Å². The molecule has 76 valence electrons. The number of aromatic nitrogens is 1. The molecule has 1 saturated carbocycles. The molecule has 1 aromatic heterocycles. The van der Waals surface area contributed by atoms with E-state index in [0.717, 1.165) is 29.3 Å².